The second kappa shape index (κ2) is 8.54. The van der Waals surface area contributed by atoms with Gasteiger partial charge in [0, 0.05) is 6.08 Å². The minimum absolute atomic E-state index is 0.197. The zero-order valence-electron chi connectivity index (χ0n) is 14.9. The highest BCUT2D eigenvalue weighted by Crippen LogP contribution is 2.31. The Hall–Kier alpha value is -2.78. The van der Waals surface area contributed by atoms with Crippen molar-refractivity contribution in [3.63, 3.8) is 0 Å². The van der Waals surface area contributed by atoms with Crippen molar-refractivity contribution in [3.05, 3.63) is 96.6 Å². The van der Waals surface area contributed by atoms with Crippen LogP contribution in [0.15, 0.2) is 111 Å². The predicted octanol–water partition coefficient (Wildman–Crippen LogP) is 5.65. The summed E-state index contributed by atoms with van der Waals surface area (Å²) in [5, 5.41) is 0. The minimum atomic E-state index is -0.345. The summed E-state index contributed by atoms with van der Waals surface area (Å²) in [5.74, 6) is 0.212. The Kier molecular flexibility index (Phi) is 5.92. The Morgan fingerprint density at radius 1 is 0.731 bits per heavy atom. The molecule has 0 bridgehead atoms. The molecule has 0 N–H and O–H groups in total. The molecular weight excluding hydrogens is 340 g/mol. The highest BCUT2D eigenvalue weighted by atomic mass is 32.2. The quantitative estimate of drug-likeness (QED) is 0.254. The fourth-order valence-electron chi connectivity index (χ4n) is 2.55. The number of rotatable bonds is 5. The lowest BCUT2D eigenvalue weighted by molar-refractivity contribution is -0.129. The Morgan fingerprint density at radius 3 is 1.65 bits per heavy atom. The van der Waals surface area contributed by atoms with Gasteiger partial charge in [-0.1, -0.05) is 42.0 Å². The fraction of sp³-hybridized carbons (Fsp3) is 0.0870. The third kappa shape index (κ3) is 4.64. The van der Waals surface area contributed by atoms with Gasteiger partial charge < -0.3 is 4.74 Å². The highest BCUT2D eigenvalue weighted by Gasteiger charge is 2.28. The van der Waals surface area contributed by atoms with Gasteiger partial charge in [0.2, 0.25) is 0 Å². The molecule has 130 valence electrons. The van der Waals surface area contributed by atoms with E-state index < -0.39 is 0 Å². The molecule has 0 unspecified atom stereocenters. The molecule has 0 radical (unpaired) electrons. The second-order valence-electron chi connectivity index (χ2n) is 6.05. The SMILES string of the molecule is CC(C)=CC(=O)Oc1ccc([S+](c2ccccc2)c2ccccc2)cc1. The van der Waals surface area contributed by atoms with Crippen LogP contribution in [-0.2, 0) is 15.7 Å². The molecule has 0 aliphatic carbocycles. The third-order valence-electron chi connectivity index (χ3n) is 3.64. The van der Waals surface area contributed by atoms with Gasteiger partial charge in [-0.15, -0.1) is 0 Å². The van der Waals surface area contributed by atoms with Crippen LogP contribution in [0, 0.1) is 0 Å². The summed E-state index contributed by atoms with van der Waals surface area (Å²) in [7, 11) is -0.197. The summed E-state index contributed by atoms with van der Waals surface area (Å²) in [6, 6.07) is 28.7. The van der Waals surface area contributed by atoms with Crippen molar-refractivity contribution in [1.29, 1.82) is 0 Å². The van der Waals surface area contributed by atoms with E-state index in [9.17, 15) is 4.79 Å². The Balaban J connectivity index is 1.91. The number of hydrogen-bond donors (Lipinski definition) is 0. The van der Waals surface area contributed by atoms with E-state index in [0.717, 1.165) is 5.57 Å². The molecule has 0 saturated carbocycles. The molecule has 3 rings (SSSR count). The molecule has 0 aliphatic rings. The van der Waals surface area contributed by atoms with Gasteiger partial charge in [0.05, 0.1) is 10.9 Å². The number of esters is 1. The molecule has 2 nitrogen and oxygen atoms in total. The van der Waals surface area contributed by atoms with Crippen LogP contribution < -0.4 is 4.74 Å². The molecule has 3 aromatic rings. The van der Waals surface area contributed by atoms with Crippen molar-refractivity contribution in [2.75, 3.05) is 0 Å². The molecule has 0 aliphatic heterocycles. The maximum Gasteiger partial charge on any atom is 0.336 e. The number of carbonyl (C=O) groups is 1. The molecule has 0 atom stereocenters. The van der Waals surface area contributed by atoms with E-state index in [1.54, 1.807) is 0 Å². The van der Waals surface area contributed by atoms with Crippen LogP contribution in [0.5, 0.6) is 5.75 Å². The molecule has 0 saturated heterocycles. The van der Waals surface area contributed by atoms with Crippen molar-refractivity contribution < 1.29 is 9.53 Å². The maximum atomic E-state index is 11.8. The maximum absolute atomic E-state index is 11.8. The predicted molar refractivity (Wildman–Crippen MR) is 107 cm³/mol. The summed E-state index contributed by atoms with van der Waals surface area (Å²) in [4.78, 5) is 15.5. The summed E-state index contributed by atoms with van der Waals surface area (Å²) in [6.07, 6.45) is 1.49. The molecule has 26 heavy (non-hydrogen) atoms. The standard InChI is InChI=1S/C23H21O2S/c1-18(2)17-23(24)25-19-13-15-22(16-14-19)26(20-9-5-3-6-10-20)21-11-7-4-8-12-21/h3-17H,1-2H3/q+1. The van der Waals surface area contributed by atoms with E-state index in [1.807, 2.05) is 50.2 Å². The van der Waals surface area contributed by atoms with Crippen LogP contribution >= 0.6 is 0 Å². The lowest BCUT2D eigenvalue weighted by Crippen LogP contribution is -2.06. The first-order valence-corrected chi connectivity index (χ1v) is 9.67. The van der Waals surface area contributed by atoms with E-state index in [-0.39, 0.29) is 16.9 Å². The Morgan fingerprint density at radius 2 is 1.19 bits per heavy atom. The molecule has 0 spiro atoms. The molecule has 3 heteroatoms. The van der Waals surface area contributed by atoms with Crippen LogP contribution in [0.1, 0.15) is 13.8 Å². The Bertz CT molecular complexity index is 841. The number of benzene rings is 3. The van der Waals surface area contributed by atoms with Crippen LogP contribution in [0.4, 0.5) is 0 Å². The second-order valence-corrected chi connectivity index (χ2v) is 8.07. The Labute approximate surface area is 157 Å². The van der Waals surface area contributed by atoms with Gasteiger partial charge in [-0.25, -0.2) is 4.79 Å². The minimum Gasteiger partial charge on any atom is -0.423 e. The van der Waals surface area contributed by atoms with E-state index in [2.05, 4.69) is 48.5 Å². The van der Waals surface area contributed by atoms with E-state index in [0.29, 0.717) is 5.75 Å². The van der Waals surface area contributed by atoms with Crippen molar-refractivity contribution in [2.45, 2.75) is 28.5 Å². The normalized spacial score (nSPS) is 10.4. The zero-order valence-corrected chi connectivity index (χ0v) is 15.7. The van der Waals surface area contributed by atoms with Gasteiger partial charge in [0.15, 0.2) is 14.7 Å². The average Bonchev–Trinajstić information content (AvgIpc) is 2.64. The first-order valence-electron chi connectivity index (χ1n) is 8.44. The van der Waals surface area contributed by atoms with Crippen LogP contribution in [0.25, 0.3) is 0 Å². The number of ether oxygens (including phenoxy) is 1. The van der Waals surface area contributed by atoms with Gasteiger partial charge in [0.25, 0.3) is 0 Å². The van der Waals surface area contributed by atoms with Crippen LogP contribution in [0.2, 0.25) is 0 Å². The summed E-state index contributed by atoms with van der Waals surface area (Å²) in [5.41, 5.74) is 0.918. The smallest absolute Gasteiger partial charge is 0.336 e. The first-order chi connectivity index (χ1) is 12.6. The van der Waals surface area contributed by atoms with E-state index in [4.69, 9.17) is 4.74 Å². The monoisotopic (exact) mass is 361 g/mol. The van der Waals surface area contributed by atoms with Crippen LogP contribution in [-0.4, -0.2) is 5.97 Å². The largest absolute Gasteiger partial charge is 0.423 e. The highest BCUT2D eigenvalue weighted by molar-refractivity contribution is 7.97. The van der Waals surface area contributed by atoms with E-state index >= 15 is 0 Å². The first kappa shape index (κ1) is 18.0. The van der Waals surface area contributed by atoms with E-state index in [1.165, 1.54) is 20.8 Å². The summed E-state index contributed by atoms with van der Waals surface area (Å²) in [6.45, 7) is 3.74. The number of carbonyl (C=O) groups excluding carboxylic acids is 1. The lowest BCUT2D eigenvalue weighted by atomic mass is 10.3. The third-order valence-corrected chi connectivity index (χ3v) is 5.87. The number of hydrogen-bond acceptors (Lipinski definition) is 2. The lowest BCUT2D eigenvalue weighted by Gasteiger charge is -2.08. The van der Waals surface area contributed by atoms with Crippen molar-refractivity contribution in [3.8, 4) is 5.75 Å². The average molecular weight is 361 g/mol. The fourth-order valence-corrected chi connectivity index (χ4v) is 4.63. The zero-order chi connectivity index (χ0) is 18.4. The molecule has 0 amide bonds. The van der Waals surface area contributed by atoms with Crippen molar-refractivity contribution >= 4 is 16.9 Å². The van der Waals surface area contributed by atoms with Gasteiger partial charge >= 0.3 is 5.97 Å². The van der Waals surface area contributed by atoms with Crippen molar-refractivity contribution in [1.82, 2.24) is 0 Å². The topological polar surface area (TPSA) is 26.3 Å². The molecule has 0 fully saturated rings. The molecule has 0 aromatic heterocycles. The molecule has 0 heterocycles. The molecule has 3 aromatic carbocycles. The van der Waals surface area contributed by atoms with Gasteiger partial charge in [-0.3, -0.25) is 0 Å². The van der Waals surface area contributed by atoms with Gasteiger partial charge in [-0.05, 0) is 62.4 Å². The van der Waals surface area contributed by atoms with Crippen LogP contribution in [0.3, 0.4) is 0 Å². The van der Waals surface area contributed by atoms with Gasteiger partial charge in [-0.2, -0.15) is 0 Å². The molecular formula is C23H21O2S+. The number of allylic oxidation sites excluding steroid dienone is 1. The summed E-state index contributed by atoms with van der Waals surface area (Å²) < 4.78 is 5.36. The van der Waals surface area contributed by atoms with Crippen molar-refractivity contribution in [2.24, 2.45) is 0 Å². The van der Waals surface area contributed by atoms with Gasteiger partial charge in [0.1, 0.15) is 5.75 Å². The summed E-state index contributed by atoms with van der Waals surface area (Å²) >= 11 is 0.